The Bertz CT molecular complexity index is 353. The van der Waals surface area contributed by atoms with Crippen LogP contribution in [-0.2, 0) is 11.4 Å². The highest BCUT2D eigenvalue weighted by Gasteiger charge is 2.18. The molecule has 1 fully saturated rings. The van der Waals surface area contributed by atoms with Gasteiger partial charge in [-0.25, -0.2) is 5.90 Å². The van der Waals surface area contributed by atoms with E-state index in [4.69, 9.17) is 10.6 Å². The minimum Gasteiger partial charge on any atom is -0.492 e. The normalized spacial score (nSPS) is 15.9. The molecule has 1 aliphatic carbocycles. The van der Waals surface area contributed by atoms with Gasteiger partial charge in [0.05, 0.1) is 17.7 Å². The van der Waals surface area contributed by atoms with Crippen molar-refractivity contribution in [3.8, 4) is 5.75 Å². The zero-order chi connectivity index (χ0) is 11.4. The van der Waals surface area contributed by atoms with Gasteiger partial charge in [0.1, 0.15) is 5.75 Å². The molecule has 0 radical (unpaired) electrons. The molecule has 1 aliphatic rings. The quantitative estimate of drug-likeness (QED) is 0.846. The predicted octanol–water partition coefficient (Wildman–Crippen LogP) is 3.02. The van der Waals surface area contributed by atoms with Gasteiger partial charge in [0.25, 0.3) is 0 Å². The summed E-state index contributed by atoms with van der Waals surface area (Å²) in [5.74, 6) is 6.67. The monoisotopic (exact) mass is 285 g/mol. The number of benzene rings is 1. The number of ether oxygens (including phenoxy) is 1. The van der Waals surface area contributed by atoms with Crippen LogP contribution in [0, 0.1) is 5.92 Å². The Morgan fingerprint density at radius 2 is 2.19 bits per heavy atom. The van der Waals surface area contributed by atoms with E-state index in [1.165, 1.54) is 19.3 Å². The molecular formula is C12H16BrNO2. The molecule has 0 heterocycles. The number of nitrogens with two attached hydrogens (primary N) is 1. The van der Waals surface area contributed by atoms with Crippen LogP contribution >= 0.6 is 15.9 Å². The summed E-state index contributed by atoms with van der Waals surface area (Å²) >= 11 is 3.49. The molecule has 0 spiro atoms. The molecule has 0 aromatic heterocycles. The van der Waals surface area contributed by atoms with Crippen LogP contribution in [0.15, 0.2) is 22.7 Å². The largest absolute Gasteiger partial charge is 0.492 e. The Morgan fingerprint density at radius 3 is 2.75 bits per heavy atom. The Labute approximate surface area is 104 Å². The molecule has 2 N–H and O–H groups in total. The number of rotatable bonds is 5. The van der Waals surface area contributed by atoms with E-state index in [2.05, 4.69) is 20.8 Å². The van der Waals surface area contributed by atoms with Crippen molar-refractivity contribution in [3.63, 3.8) is 0 Å². The minimum atomic E-state index is 0.418. The van der Waals surface area contributed by atoms with Crippen LogP contribution in [0.2, 0.25) is 0 Å². The summed E-state index contributed by atoms with van der Waals surface area (Å²) in [6, 6.07) is 5.90. The second-order valence-corrected chi connectivity index (χ2v) is 5.04. The van der Waals surface area contributed by atoms with Gasteiger partial charge >= 0.3 is 0 Å². The number of hydrogen-bond donors (Lipinski definition) is 1. The molecular weight excluding hydrogens is 270 g/mol. The Hall–Kier alpha value is -0.580. The lowest BCUT2D eigenvalue weighted by atomic mass is 9.86. The van der Waals surface area contributed by atoms with Crippen LogP contribution in [0.4, 0.5) is 0 Å². The van der Waals surface area contributed by atoms with Gasteiger partial charge in [-0.15, -0.1) is 0 Å². The molecule has 0 atom stereocenters. The van der Waals surface area contributed by atoms with Crippen molar-refractivity contribution in [3.05, 3.63) is 28.2 Å². The maximum atomic E-state index is 5.75. The van der Waals surface area contributed by atoms with Crippen LogP contribution in [0.5, 0.6) is 5.75 Å². The van der Waals surface area contributed by atoms with Crippen LogP contribution in [0.25, 0.3) is 0 Å². The number of hydrogen-bond acceptors (Lipinski definition) is 3. The van der Waals surface area contributed by atoms with E-state index in [9.17, 15) is 0 Å². The fourth-order valence-corrected chi connectivity index (χ4v) is 2.26. The Kier molecular flexibility index (Phi) is 4.21. The number of halogens is 1. The molecule has 0 saturated heterocycles. The van der Waals surface area contributed by atoms with E-state index in [1.807, 2.05) is 18.2 Å². The van der Waals surface area contributed by atoms with Crippen molar-refractivity contribution in [1.29, 1.82) is 0 Å². The zero-order valence-electron chi connectivity index (χ0n) is 9.12. The van der Waals surface area contributed by atoms with E-state index in [-0.39, 0.29) is 0 Å². The van der Waals surface area contributed by atoms with Gasteiger partial charge in [0, 0.05) is 0 Å². The van der Waals surface area contributed by atoms with Crippen LogP contribution in [0.1, 0.15) is 24.8 Å². The standard InChI is InChI=1S/C12H16BrNO2/c13-11-6-10(8-16-14)4-5-12(11)15-7-9-2-1-3-9/h4-6,9H,1-3,7-8,14H2. The van der Waals surface area contributed by atoms with E-state index in [0.29, 0.717) is 6.61 Å². The second kappa shape index (κ2) is 5.66. The smallest absolute Gasteiger partial charge is 0.133 e. The van der Waals surface area contributed by atoms with Crippen molar-refractivity contribution in [2.24, 2.45) is 11.8 Å². The van der Waals surface area contributed by atoms with Gasteiger partial charge < -0.3 is 4.74 Å². The van der Waals surface area contributed by atoms with Gasteiger partial charge in [-0.2, -0.15) is 0 Å². The summed E-state index contributed by atoms with van der Waals surface area (Å²) in [7, 11) is 0. The van der Waals surface area contributed by atoms with Crippen molar-refractivity contribution >= 4 is 15.9 Å². The first-order valence-corrected chi connectivity index (χ1v) is 6.32. The average Bonchev–Trinajstić information content (AvgIpc) is 2.19. The van der Waals surface area contributed by atoms with Gasteiger partial charge in [0.2, 0.25) is 0 Å². The van der Waals surface area contributed by atoms with Crippen molar-refractivity contribution in [1.82, 2.24) is 0 Å². The lowest BCUT2D eigenvalue weighted by molar-refractivity contribution is 0.124. The highest BCUT2D eigenvalue weighted by atomic mass is 79.9. The van der Waals surface area contributed by atoms with E-state index in [1.54, 1.807) is 0 Å². The molecule has 4 heteroatoms. The summed E-state index contributed by atoms with van der Waals surface area (Å²) in [5, 5.41) is 0. The molecule has 88 valence electrons. The van der Waals surface area contributed by atoms with Crippen LogP contribution < -0.4 is 10.6 Å². The van der Waals surface area contributed by atoms with E-state index >= 15 is 0 Å². The highest BCUT2D eigenvalue weighted by molar-refractivity contribution is 9.10. The van der Waals surface area contributed by atoms with Crippen LogP contribution in [-0.4, -0.2) is 6.61 Å². The topological polar surface area (TPSA) is 44.5 Å². The molecule has 1 aromatic carbocycles. The maximum absolute atomic E-state index is 5.75. The zero-order valence-corrected chi connectivity index (χ0v) is 10.7. The molecule has 0 aliphatic heterocycles. The van der Waals surface area contributed by atoms with Crippen molar-refractivity contribution in [2.75, 3.05) is 6.61 Å². The third kappa shape index (κ3) is 2.97. The lowest BCUT2D eigenvalue weighted by Gasteiger charge is -2.25. The Morgan fingerprint density at radius 1 is 1.38 bits per heavy atom. The van der Waals surface area contributed by atoms with Gasteiger partial charge in [0.15, 0.2) is 0 Å². The summed E-state index contributed by atoms with van der Waals surface area (Å²) < 4.78 is 6.71. The SMILES string of the molecule is NOCc1ccc(OCC2CCC2)c(Br)c1. The first-order chi connectivity index (χ1) is 7.79. The maximum Gasteiger partial charge on any atom is 0.133 e. The summed E-state index contributed by atoms with van der Waals surface area (Å²) in [6.45, 7) is 1.24. The van der Waals surface area contributed by atoms with Crippen molar-refractivity contribution in [2.45, 2.75) is 25.9 Å². The summed E-state index contributed by atoms with van der Waals surface area (Å²) in [5.41, 5.74) is 1.03. The fourth-order valence-electron chi connectivity index (χ4n) is 1.71. The molecule has 2 rings (SSSR count). The first kappa shape index (κ1) is 11.9. The third-order valence-electron chi connectivity index (χ3n) is 2.95. The third-order valence-corrected chi connectivity index (χ3v) is 3.57. The Balaban J connectivity index is 1.92. The lowest BCUT2D eigenvalue weighted by Crippen LogP contribution is -2.19. The second-order valence-electron chi connectivity index (χ2n) is 4.18. The van der Waals surface area contributed by atoms with Crippen molar-refractivity contribution < 1.29 is 9.57 Å². The molecule has 16 heavy (non-hydrogen) atoms. The molecule has 1 aromatic rings. The predicted molar refractivity (Wildman–Crippen MR) is 66.0 cm³/mol. The first-order valence-electron chi connectivity index (χ1n) is 5.52. The average molecular weight is 286 g/mol. The molecule has 0 amide bonds. The van der Waals surface area contributed by atoms with Gasteiger partial charge in [-0.3, -0.25) is 4.84 Å². The summed E-state index contributed by atoms with van der Waals surface area (Å²) in [6.07, 6.45) is 3.95. The molecule has 0 bridgehead atoms. The van der Waals surface area contributed by atoms with Gasteiger partial charge in [-0.1, -0.05) is 12.5 Å². The highest BCUT2D eigenvalue weighted by Crippen LogP contribution is 2.30. The van der Waals surface area contributed by atoms with E-state index < -0.39 is 0 Å². The van der Waals surface area contributed by atoms with Crippen LogP contribution in [0.3, 0.4) is 0 Å². The molecule has 0 unspecified atom stereocenters. The minimum absolute atomic E-state index is 0.418. The molecule has 1 saturated carbocycles. The van der Waals surface area contributed by atoms with Gasteiger partial charge in [-0.05, 0) is 52.4 Å². The van der Waals surface area contributed by atoms with E-state index in [0.717, 1.165) is 28.3 Å². The fraction of sp³-hybridized carbons (Fsp3) is 0.500. The summed E-state index contributed by atoms with van der Waals surface area (Å²) in [4.78, 5) is 4.59. The molecule has 3 nitrogen and oxygen atoms in total.